The molecule has 0 aliphatic carbocycles. The molecule has 0 spiro atoms. The number of thioether (sulfide) groups is 1. The van der Waals surface area contributed by atoms with Gasteiger partial charge in [0.2, 0.25) is 5.91 Å². The second-order valence-corrected chi connectivity index (χ2v) is 7.71. The average Bonchev–Trinajstić information content (AvgIpc) is 3.13. The van der Waals surface area contributed by atoms with Crippen molar-refractivity contribution in [3.8, 4) is 5.75 Å². The number of hydrogen-bond acceptors (Lipinski definition) is 6. The highest BCUT2D eigenvalue weighted by Gasteiger charge is 2.12. The zero-order valence-electron chi connectivity index (χ0n) is 17.8. The lowest BCUT2D eigenvalue weighted by molar-refractivity contribution is -0.113. The summed E-state index contributed by atoms with van der Waals surface area (Å²) in [5.74, 6) is 0.779. The maximum Gasteiger partial charge on any atom is 0.251 e. The van der Waals surface area contributed by atoms with Crippen LogP contribution in [0.4, 0.5) is 10.1 Å². The molecule has 10 heteroatoms. The molecule has 2 aromatic carbocycles. The van der Waals surface area contributed by atoms with E-state index >= 15 is 0 Å². The van der Waals surface area contributed by atoms with Crippen LogP contribution in [0.5, 0.6) is 5.75 Å². The second kappa shape index (κ2) is 11.3. The number of halogens is 1. The number of carbonyl (C=O) groups is 2. The molecular weight excluding hydrogens is 433 g/mol. The third-order valence-electron chi connectivity index (χ3n) is 4.45. The summed E-state index contributed by atoms with van der Waals surface area (Å²) in [5, 5.41) is 14.5. The van der Waals surface area contributed by atoms with Crippen LogP contribution in [-0.2, 0) is 18.3 Å². The molecule has 0 bridgehead atoms. The quantitative estimate of drug-likeness (QED) is 0.454. The number of ether oxygens (including phenoxy) is 1. The van der Waals surface area contributed by atoms with Crippen LogP contribution in [0, 0.1) is 5.82 Å². The molecule has 0 radical (unpaired) electrons. The van der Waals surface area contributed by atoms with Crippen LogP contribution < -0.4 is 15.4 Å². The normalized spacial score (nSPS) is 10.6. The van der Waals surface area contributed by atoms with Crippen molar-refractivity contribution in [2.24, 2.45) is 7.05 Å². The van der Waals surface area contributed by atoms with Crippen LogP contribution in [0.25, 0.3) is 0 Å². The zero-order chi connectivity index (χ0) is 22.9. The lowest BCUT2D eigenvalue weighted by atomic mass is 10.2. The first-order valence-electron chi connectivity index (χ1n) is 10.0. The summed E-state index contributed by atoms with van der Waals surface area (Å²) >= 11 is 1.27. The van der Waals surface area contributed by atoms with Gasteiger partial charge in [-0.05, 0) is 55.5 Å². The lowest BCUT2D eigenvalue weighted by Gasteiger charge is -2.07. The predicted octanol–water partition coefficient (Wildman–Crippen LogP) is 3.06. The average molecular weight is 458 g/mol. The number of benzene rings is 2. The van der Waals surface area contributed by atoms with Gasteiger partial charge in [0.1, 0.15) is 17.4 Å². The van der Waals surface area contributed by atoms with Gasteiger partial charge in [0.25, 0.3) is 5.91 Å². The molecule has 1 aromatic heterocycles. The molecule has 3 rings (SSSR count). The highest BCUT2D eigenvalue weighted by Crippen LogP contribution is 2.18. The van der Waals surface area contributed by atoms with E-state index < -0.39 is 0 Å². The summed E-state index contributed by atoms with van der Waals surface area (Å²) < 4.78 is 20.1. The number of amides is 2. The van der Waals surface area contributed by atoms with Crippen molar-refractivity contribution in [3.63, 3.8) is 0 Å². The Hall–Kier alpha value is -3.40. The summed E-state index contributed by atoms with van der Waals surface area (Å²) in [7, 11) is 1.81. The van der Waals surface area contributed by atoms with Crippen LogP contribution in [-0.4, -0.2) is 45.5 Å². The second-order valence-electron chi connectivity index (χ2n) is 6.76. The summed E-state index contributed by atoms with van der Waals surface area (Å²) in [4.78, 5) is 24.3. The highest BCUT2D eigenvalue weighted by molar-refractivity contribution is 7.99. The molecule has 2 N–H and O–H groups in total. The number of nitrogens with zero attached hydrogens (tertiary/aromatic N) is 3. The third kappa shape index (κ3) is 6.55. The van der Waals surface area contributed by atoms with E-state index in [0.29, 0.717) is 41.8 Å². The van der Waals surface area contributed by atoms with E-state index in [4.69, 9.17) is 4.74 Å². The SMILES string of the molecule is CCOc1ccc(NC(=O)CSc2nnc(CCNC(=O)c3ccc(F)cc3)n2C)cc1. The van der Waals surface area contributed by atoms with E-state index in [1.807, 2.05) is 14.0 Å². The molecule has 0 unspecified atom stereocenters. The van der Waals surface area contributed by atoms with Crippen LogP contribution in [0.15, 0.2) is 53.7 Å². The van der Waals surface area contributed by atoms with Crippen molar-refractivity contribution < 1.29 is 18.7 Å². The molecule has 168 valence electrons. The first-order chi connectivity index (χ1) is 15.5. The van der Waals surface area contributed by atoms with Crippen LogP contribution in [0.2, 0.25) is 0 Å². The predicted molar refractivity (Wildman–Crippen MR) is 120 cm³/mol. The summed E-state index contributed by atoms with van der Waals surface area (Å²) in [6, 6.07) is 12.5. The Bertz CT molecular complexity index is 1050. The molecule has 0 fully saturated rings. The minimum atomic E-state index is -0.390. The number of nitrogens with one attached hydrogen (secondary N) is 2. The molecule has 1 heterocycles. The maximum absolute atomic E-state index is 13.0. The summed E-state index contributed by atoms with van der Waals surface area (Å²) in [6.07, 6.45) is 0.468. The van der Waals surface area contributed by atoms with Gasteiger partial charge < -0.3 is 19.9 Å². The Morgan fingerprint density at radius 3 is 2.50 bits per heavy atom. The van der Waals surface area contributed by atoms with E-state index in [1.165, 1.54) is 36.0 Å². The molecule has 8 nitrogen and oxygen atoms in total. The fraction of sp³-hybridized carbons (Fsp3) is 0.273. The number of rotatable bonds is 10. The molecule has 0 aliphatic heterocycles. The summed E-state index contributed by atoms with van der Waals surface area (Å²) in [5.41, 5.74) is 1.08. The van der Waals surface area contributed by atoms with Crippen LogP contribution in [0.3, 0.4) is 0 Å². The minimum absolute atomic E-state index is 0.157. The van der Waals surface area contributed by atoms with Gasteiger partial charge in [-0.25, -0.2) is 4.39 Å². The van der Waals surface area contributed by atoms with Gasteiger partial charge in [0.15, 0.2) is 5.16 Å². The number of hydrogen-bond donors (Lipinski definition) is 2. The molecule has 0 saturated heterocycles. The molecule has 0 aliphatic rings. The van der Waals surface area contributed by atoms with Gasteiger partial charge in [0, 0.05) is 31.3 Å². The Labute approximate surface area is 189 Å². The van der Waals surface area contributed by atoms with E-state index in [-0.39, 0.29) is 23.4 Å². The molecule has 32 heavy (non-hydrogen) atoms. The smallest absolute Gasteiger partial charge is 0.251 e. The first kappa shape index (κ1) is 23.3. The van der Waals surface area contributed by atoms with Gasteiger partial charge in [-0.3, -0.25) is 9.59 Å². The Kier molecular flexibility index (Phi) is 8.20. The molecule has 0 atom stereocenters. The lowest BCUT2D eigenvalue weighted by Crippen LogP contribution is -2.26. The largest absolute Gasteiger partial charge is 0.494 e. The van der Waals surface area contributed by atoms with Gasteiger partial charge in [-0.2, -0.15) is 0 Å². The number of anilines is 1. The Morgan fingerprint density at radius 2 is 1.81 bits per heavy atom. The monoisotopic (exact) mass is 457 g/mol. The fourth-order valence-electron chi connectivity index (χ4n) is 2.81. The van der Waals surface area contributed by atoms with Gasteiger partial charge in [-0.1, -0.05) is 11.8 Å². The van der Waals surface area contributed by atoms with Crippen molar-refractivity contribution in [3.05, 3.63) is 65.7 Å². The van der Waals surface area contributed by atoms with E-state index in [9.17, 15) is 14.0 Å². The molecule has 2 amide bonds. The number of aromatic nitrogens is 3. The fourth-order valence-corrected chi connectivity index (χ4v) is 3.54. The maximum atomic E-state index is 13.0. The van der Waals surface area contributed by atoms with E-state index in [1.54, 1.807) is 28.8 Å². The van der Waals surface area contributed by atoms with Crippen molar-refractivity contribution in [1.29, 1.82) is 0 Å². The third-order valence-corrected chi connectivity index (χ3v) is 5.47. The van der Waals surface area contributed by atoms with Gasteiger partial charge in [0.05, 0.1) is 12.4 Å². The number of carbonyl (C=O) groups excluding carboxylic acids is 2. The molecular formula is C22H24FN5O3S. The van der Waals surface area contributed by atoms with E-state index in [2.05, 4.69) is 20.8 Å². The standard InChI is InChI=1S/C22H24FN5O3S/c1-3-31-18-10-8-17(9-11-18)25-20(29)14-32-22-27-26-19(28(22)2)12-13-24-21(30)15-4-6-16(23)7-5-15/h4-11H,3,12-14H2,1-2H3,(H,24,30)(H,25,29). The van der Waals surface area contributed by atoms with Crippen molar-refractivity contribution in [2.45, 2.75) is 18.5 Å². The topological polar surface area (TPSA) is 98.1 Å². The Balaban J connectivity index is 1.44. The van der Waals surface area contributed by atoms with Crippen molar-refractivity contribution in [2.75, 3.05) is 24.2 Å². The molecule has 3 aromatic rings. The summed E-state index contributed by atoms with van der Waals surface area (Å²) in [6.45, 7) is 2.85. The van der Waals surface area contributed by atoms with E-state index in [0.717, 1.165) is 5.75 Å². The molecule has 0 saturated carbocycles. The highest BCUT2D eigenvalue weighted by atomic mass is 32.2. The van der Waals surface area contributed by atoms with Gasteiger partial charge >= 0.3 is 0 Å². The Morgan fingerprint density at radius 1 is 1.09 bits per heavy atom. The first-order valence-corrected chi connectivity index (χ1v) is 11.0. The van der Waals surface area contributed by atoms with Crippen LogP contribution in [0.1, 0.15) is 23.1 Å². The van der Waals surface area contributed by atoms with Crippen molar-refractivity contribution >= 4 is 29.3 Å². The zero-order valence-corrected chi connectivity index (χ0v) is 18.6. The van der Waals surface area contributed by atoms with Crippen LogP contribution >= 0.6 is 11.8 Å². The van der Waals surface area contributed by atoms with Gasteiger partial charge in [-0.15, -0.1) is 10.2 Å². The van der Waals surface area contributed by atoms with Crippen molar-refractivity contribution in [1.82, 2.24) is 20.1 Å². The minimum Gasteiger partial charge on any atom is -0.494 e.